The van der Waals surface area contributed by atoms with Gasteiger partial charge in [0.15, 0.2) is 0 Å². The number of aryl methyl sites for hydroxylation is 2. The summed E-state index contributed by atoms with van der Waals surface area (Å²) in [6, 6.07) is 4.94. The molecule has 0 saturated carbocycles. The fraction of sp³-hybridized carbons (Fsp3) is 0.235. The van der Waals surface area contributed by atoms with Crippen molar-refractivity contribution in [3.05, 3.63) is 59.1 Å². The summed E-state index contributed by atoms with van der Waals surface area (Å²) in [4.78, 5) is 0. The lowest BCUT2D eigenvalue weighted by atomic mass is 10.1. The molecule has 0 bridgehead atoms. The van der Waals surface area contributed by atoms with Gasteiger partial charge in [-0.15, -0.1) is 6.58 Å². The standard InChI is InChI=1S/C17H17ClN2O4S/c1-5-16(17-10(2)19-24-11(17)3)25(21,22)20-9-15(23-4)13-8-12(18)6-7-14(13)20/h5-9,16H,1H2,2-4H3. The molecule has 2 heterocycles. The molecule has 0 fully saturated rings. The van der Waals surface area contributed by atoms with E-state index in [0.717, 1.165) is 0 Å². The summed E-state index contributed by atoms with van der Waals surface area (Å²) in [5.74, 6) is 0.861. The smallest absolute Gasteiger partial charge is 0.250 e. The number of benzene rings is 1. The van der Waals surface area contributed by atoms with Crippen LogP contribution in [0.25, 0.3) is 10.9 Å². The molecule has 1 atom stereocenters. The number of ether oxygens (including phenoxy) is 1. The van der Waals surface area contributed by atoms with Crippen molar-refractivity contribution < 1.29 is 17.7 Å². The summed E-state index contributed by atoms with van der Waals surface area (Å²) in [5.41, 5.74) is 1.47. The minimum absolute atomic E-state index is 0.419. The Hall–Kier alpha value is -2.25. The normalized spacial score (nSPS) is 13.1. The molecule has 0 aliphatic carbocycles. The molecule has 0 aliphatic rings. The number of rotatable bonds is 5. The van der Waals surface area contributed by atoms with Crippen LogP contribution in [0.1, 0.15) is 22.3 Å². The summed E-state index contributed by atoms with van der Waals surface area (Å²) in [6.45, 7) is 7.07. The average molecular weight is 381 g/mol. The first-order chi connectivity index (χ1) is 11.8. The van der Waals surface area contributed by atoms with Gasteiger partial charge in [-0.2, -0.15) is 0 Å². The van der Waals surface area contributed by atoms with Crippen LogP contribution in [0.2, 0.25) is 5.02 Å². The van der Waals surface area contributed by atoms with Gasteiger partial charge in [-0.1, -0.05) is 22.8 Å². The molecule has 25 heavy (non-hydrogen) atoms. The van der Waals surface area contributed by atoms with Gasteiger partial charge in [-0.05, 0) is 32.0 Å². The van der Waals surface area contributed by atoms with E-state index >= 15 is 0 Å². The number of fused-ring (bicyclic) bond motifs is 1. The lowest BCUT2D eigenvalue weighted by molar-refractivity contribution is 0.392. The molecule has 1 unspecified atom stereocenters. The predicted octanol–water partition coefficient (Wildman–Crippen LogP) is 4.01. The Bertz CT molecular complexity index is 1050. The molecule has 6 nitrogen and oxygen atoms in total. The van der Waals surface area contributed by atoms with Gasteiger partial charge in [0.25, 0.3) is 0 Å². The summed E-state index contributed by atoms with van der Waals surface area (Å²) in [7, 11) is -2.39. The van der Waals surface area contributed by atoms with Crippen LogP contribution < -0.4 is 4.74 Å². The van der Waals surface area contributed by atoms with Crippen LogP contribution in [0, 0.1) is 13.8 Å². The fourth-order valence-electron chi connectivity index (χ4n) is 2.92. The van der Waals surface area contributed by atoms with Gasteiger partial charge in [0.1, 0.15) is 16.8 Å². The molecule has 3 rings (SSSR count). The van der Waals surface area contributed by atoms with Crippen molar-refractivity contribution in [1.82, 2.24) is 9.13 Å². The number of nitrogens with zero attached hydrogens (tertiary/aromatic N) is 2. The van der Waals surface area contributed by atoms with Crippen LogP contribution in [-0.4, -0.2) is 24.7 Å². The number of halogens is 1. The quantitative estimate of drug-likeness (QED) is 0.625. The van der Waals surface area contributed by atoms with E-state index in [1.807, 2.05) is 0 Å². The lowest BCUT2D eigenvalue weighted by Crippen LogP contribution is -2.20. The highest BCUT2D eigenvalue weighted by atomic mass is 35.5. The summed E-state index contributed by atoms with van der Waals surface area (Å²) < 4.78 is 38.3. The highest BCUT2D eigenvalue weighted by molar-refractivity contribution is 7.90. The SMILES string of the molecule is C=CC(c1c(C)noc1C)S(=O)(=O)n1cc(OC)c2cc(Cl)ccc21. The molecule has 2 aromatic heterocycles. The van der Waals surface area contributed by atoms with E-state index in [-0.39, 0.29) is 0 Å². The van der Waals surface area contributed by atoms with Crippen LogP contribution >= 0.6 is 11.6 Å². The van der Waals surface area contributed by atoms with Gasteiger partial charge in [0.2, 0.25) is 10.0 Å². The first kappa shape index (κ1) is 17.6. The van der Waals surface area contributed by atoms with E-state index in [0.29, 0.717) is 38.7 Å². The second-order valence-corrected chi connectivity index (χ2v) is 7.96. The molecule has 0 radical (unpaired) electrons. The minimum Gasteiger partial charge on any atom is -0.494 e. The minimum atomic E-state index is -3.87. The topological polar surface area (TPSA) is 74.3 Å². The van der Waals surface area contributed by atoms with Crippen molar-refractivity contribution in [3.8, 4) is 5.75 Å². The third-order valence-electron chi connectivity index (χ3n) is 4.10. The number of hydrogen-bond donors (Lipinski definition) is 0. The highest BCUT2D eigenvalue weighted by Gasteiger charge is 2.33. The highest BCUT2D eigenvalue weighted by Crippen LogP contribution is 2.36. The number of aromatic nitrogens is 2. The van der Waals surface area contributed by atoms with Gasteiger partial charge in [0.05, 0.1) is 24.5 Å². The van der Waals surface area contributed by atoms with E-state index in [2.05, 4.69) is 11.7 Å². The van der Waals surface area contributed by atoms with Crippen molar-refractivity contribution >= 4 is 32.5 Å². The molecule has 0 amide bonds. The molecule has 0 spiro atoms. The Morgan fingerprint density at radius 3 is 2.68 bits per heavy atom. The zero-order chi connectivity index (χ0) is 18.4. The second-order valence-electron chi connectivity index (χ2n) is 5.59. The molecule has 0 saturated heterocycles. The van der Waals surface area contributed by atoms with Crippen molar-refractivity contribution in [3.63, 3.8) is 0 Å². The van der Waals surface area contributed by atoms with Gasteiger partial charge >= 0.3 is 0 Å². The number of methoxy groups -OCH3 is 1. The van der Waals surface area contributed by atoms with Crippen LogP contribution in [0.15, 0.2) is 41.6 Å². The third kappa shape index (κ3) is 2.73. The maximum atomic E-state index is 13.3. The Labute approximate surface area is 150 Å². The molecule has 3 aromatic rings. The fourth-order valence-corrected chi connectivity index (χ4v) is 4.89. The Kier molecular flexibility index (Phi) is 4.38. The van der Waals surface area contributed by atoms with Gasteiger partial charge in [-0.25, -0.2) is 12.4 Å². The lowest BCUT2D eigenvalue weighted by Gasteiger charge is -2.15. The summed E-state index contributed by atoms with van der Waals surface area (Å²) >= 11 is 6.03. The first-order valence-electron chi connectivity index (χ1n) is 7.45. The van der Waals surface area contributed by atoms with E-state index in [1.54, 1.807) is 32.0 Å². The van der Waals surface area contributed by atoms with Crippen molar-refractivity contribution in [1.29, 1.82) is 0 Å². The summed E-state index contributed by atoms with van der Waals surface area (Å²) in [6.07, 6.45) is 2.81. The van der Waals surface area contributed by atoms with E-state index in [4.69, 9.17) is 20.9 Å². The van der Waals surface area contributed by atoms with Crippen LogP contribution in [0.5, 0.6) is 5.75 Å². The van der Waals surface area contributed by atoms with Crippen molar-refractivity contribution in [2.24, 2.45) is 0 Å². The average Bonchev–Trinajstić information content (AvgIpc) is 3.10. The van der Waals surface area contributed by atoms with Gasteiger partial charge in [-0.3, -0.25) is 0 Å². The van der Waals surface area contributed by atoms with Crippen LogP contribution in [-0.2, 0) is 10.0 Å². The van der Waals surface area contributed by atoms with E-state index in [9.17, 15) is 8.42 Å². The molecule has 132 valence electrons. The Balaban J connectivity index is 2.27. The molecule has 8 heteroatoms. The maximum Gasteiger partial charge on any atom is 0.250 e. The molecule has 1 aromatic carbocycles. The van der Waals surface area contributed by atoms with Crippen LogP contribution in [0.3, 0.4) is 0 Å². The van der Waals surface area contributed by atoms with Gasteiger partial charge < -0.3 is 9.26 Å². The van der Waals surface area contributed by atoms with Crippen molar-refractivity contribution in [2.45, 2.75) is 19.1 Å². The first-order valence-corrected chi connectivity index (χ1v) is 9.33. The number of hydrogen-bond acceptors (Lipinski definition) is 5. The zero-order valence-electron chi connectivity index (χ0n) is 14.0. The Morgan fingerprint density at radius 2 is 2.12 bits per heavy atom. The van der Waals surface area contributed by atoms with Crippen molar-refractivity contribution in [2.75, 3.05) is 7.11 Å². The maximum absolute atomic E-state index is 13.3. The zero-order valence-corrected chi connectivity index (χ0v) is 15.6. The van der Waals surface area contributed by atoms with Gasteiger partial charge in [0, 0.05) is 16.0 Å². The largest absolute Gasteiger partial charge is 0.494 e. The molecular weight excluding hydrogens is 364 g/mol. The van der Waals surface area contributed by atoms with E-state index < -0.39 is 15.3 Å². The van der Waals surface area contributed by atoms with E-state index in [1.165, 1.54) is 23.4 Å². The van der Waals surface area contributed by atoms with Crippen LogP contribution in [0.4, 0.5) is 0 Å². The molecular formula is C17H17ClN2O4S. The second kappa shape index (κ2) is 6.24. The third-order valence-corrected chi connectivity index (χ3v) is 6.25. The summed E-state index contributed by atoms with van der Waals surface area (Å²) in [5, 5.41) is 3.95. The Morgan fingerprint density at radius 1 is 1.40 bits per heavy atom. The monoisotopic (exact) mass is 380 g/mol. The molecule has 0 N–H and O–H groups in total. The predicted molar refractivity (Wildman–Crippen MR) is 96.7 cm³/mol. The molecule has 0 aliphatic heterocycles.